The Labute approximate surface area is 200 Å². The van der Waals surface area contributed by atoms with Gasteiger partial charge in [-0.25, -0.2) is 0 Å². The number of aromatic nitrogens is 2. The second-order valence-corrected chi connectivity index (χ2v) is 9.74. The van der Waals surface area contributed by atoms with Crippen molar-refractivity contribution in [2.75, 3.05) is 20.1 Å². The van der Waals surface area contributed by atoms with Gasteiger partial charge in [-0.1, -0.05) is 44.0 Å². The number of carbonyl (C=O) groups excluding carboxylic acids is 1. The minimum Gasteiger partial charge on any atom is -0.501 e. The number of likely N-dealkylation sites (N-methyl/N-ethyl adjacent to an activating group) is 1. The van der Waals surface area contributed by atoms with Crippen molar-refractivity contribution in [2.45, 2.75) is 57.4 Å². The van der Waals surface area contributed by atoms with Gasteiger partial charge in [0, 0.05) is 50.4 Å². The average molecular weight is 461 g/mol. The number of carbonyl (C=O) groups is 1. The standard InChI is InChI=1S/C27H32N4O3/c1-3-19-7-6-8-20(17-19)27(11-4-5-12-27)18-22-28-25(33)24(32)23-26(34)30(15-16-31(22)23)21-9-13-29(2)14-10-21/h6-10,13,17,32H,3-5,11-12,14-16,18H2,1-2H3. The predicted octanol–water partition coefficient (Wildman–Crippen LogP) is 3.36. The van der Waals surface area contributed by atoms with Crippen LogP contribution in [-0.4, -0.2) is 50.5 Å². The van der Waals surface area contributed by atoms with Crippen molar-refractivity contribution >= 4 is 5.91 Å². The van der Waals surface area contributed by atoms with Crippen LogP contribution in [0.5, 0.6) is 5.75 Å². The molecule has 1 fully saturated rings. The second kappa shape index (κ2) is 8.78. The summed E-state index contributed by atoms with van der Waals surface area (Å²) in [6.45, 7) is 3.82. The molecule has 1 saturated carbocycles. The molecule has 0 atom stereocenters. The number of amides is 1. The molecule has 0 unspecified atom stereocenters. The number of benzene rings is 1. The quantitative estimate of drug-likeness (QED) is 0.740. The molecule has 1 N–H and O–H groups in total. The van der Waals surface area contributed by atoms with Gasteiger partial charge >= 0.3 is 5.56 Å². The fourth-order valence-electron chi connectivity index (χ4n) is 5.67. The number of fused-ring (bicyclic) bond motifs is 1. The zero-order valence-electron chi connectivity index (χ0n) is 20.0. The summed E-state index contributed by atoms with van der Waals surface area (Å²) < 4.78 is 1.79. The summed E-state index contributed by atoms with van der Waals surface area (Å²) in [6, 6.07) is 8.74. The Morgan fingerprint density at radius 1 is 1.15 bits per heavy atom. The summed E-state index contributed by atoms with van der Waals surface area (Å²) in [5.41, 5.74) is 2.60. The van der Waals surface area contributed by atoms with Crippen LogP contribution < -0.4 is 5.56 Å². The van der Waals surface area contributed by atoms with E-state index in [2.05, 4.69) is 36.2 Å². The van der Waals surface area contributed by atoms with Crippen LogP contribution in [0.4, 0.5) is 0 Å². The Bertz CT molecular complexity index is 1240. The van der Waals surface area contributed by atoms with Gasteiger partial charge in [0.1, 0.15) is 5.82 Å². The van der Waals surface area contributed by atoms with Crippen LogP contribution in [0.2, 0.25) is 0 Å². The number of nitrogens with zero attached hydrogens (tertiary/aromatic N) is 4. The third kappa shape index (κ3) is 3.83. The van der Waals surface area contributed by atoms with Gasteiger partial charge in [-0.2, -0.15) is 4.98 Å². The molecule has 34 heavy (non-hydrogen) atoms. The Balaban J connectivity index is 1.54. The predicted molar refractivity (Wildman–Crippen MR) is 131 cm³/mol. The topological polar surface area (TPSA) is 78.7 Å². The largest absolute Gasteiger partial charge is 0.501 e. The molecular weight excluding hydrogens is 428 g/mol. The van der Waals surface area contributed by atoms with Gasteiger partial charge < -0.3 is 19.5 Å². The summed E-state index contributed by atoms with van der Waals surface area (Å²) in [5.74, 6) is -0.301. The third-order valence-electron chi connectivity index (χ3n) is 7.64. The van der Waals surface area contributed by atoms with E-state index in [0.717, 1.165) is 37.8 Å². The summed E-state index contributed by atoms with van der Waals surface area (Å²) in [7, 11) is 1.97. The fraction of sp³-hybridized carbons (Fsp3) is 0.444. The molecule has 1 aromatic carbocycles. The highest BCUT2D eigenvalue weighted by atomic mass is 16.3. The molecule has 7 heteroatoms. The van der Waals surface area contributed by atoms with Crippen molar-refractivity contribution in [1.29, 1.82) is 0 Å². The molecule has 0 spiro atoms. The van der Waals surface area contributed by atoms with E-state index in [9.17, 15) is 14.7 Å². The monoisotopic (exact) mass is 460 g/mol. The molecule has 1 aromatic heterocycles. The lowest BCUT2D eigenvalue weighted by atomic mass is 9.75. The van der Waals surface area contributed by atoms with Crippen molar-refractivity contribution in [1.82, 2.24) is 19.4 Å². The maximum Gasteiger partial charge on any atom is 0.315 e. The molecule has 1 aliphatic carbocycles. The lowest BCUT2D eigenvalue weighted by Gasteiger charge is -2.35. The number of aromatic hydroxyl groups is 1. The van der Waals surface area contributed by atoms with Gasteiger partial charge in [-0.3, -0.25) is 9.59 Å². The molecule has 1 amide bonds. The first kappa shape index (κ1) is 22.4. The van der Waals surface area contributed by atoms with Crippen LogP contribution in [0.25, 0.3) is 0 Å². The fourth-order valence-corrected chi connectivity index (χ4v) is 5.67. The number of aryl methyl sites for hydroxylation is 1. The molecule has 178 valence electrons. The van der Waals surface area contributed by atoms with E-state index < -0.39 is 11.3 Å². The highest BCUT2D eigenvalue weighted by Gasteiger charge is 2.39. The maximum absolute atomic E-state index is 13.5. The average Bonchev–Trinajstić information content (AvgIpc) is 3.33. The first-order valence-electron chi connectivity index (χ1n) is 12.2. The van der Waals surface area contributed by atoms with E-state index in [1.165, 1.54) is 11.1 Å². The molecule has 0 radical (unpaired) electrons. The van der Waals surface area contributed by atoms with Crippen molar-refractivity contribution in [2.24, 2.45) is 0 Å². The first-order valence-corrected chi connectivity index (χ1v) is 12.2. The van der Waals surface area contributed by atoms with Crippen LogP contribution in [0.3, 0.4) is 0 Å². The van der Waals surface area contributed by atoms with Gasteiger partial charge in [0.25, 0.3) is 5.91 Å². The minimum absolute atomic E-state index is 0.0601. The van der Waals surface area contributed by atoms with Crippen LogP contribution in [0.1, 0.15) is 60.0 Å². The third-order valence-corrected chi connectivity index (χ3v) is 7.64. The zero-order chi connectivity index (χ0) is 23.9. The maximum atomic E-state index is 13.5. The van der Waals surface area contributed by atoms with Crippen molar-refractivity contribution in [3.63, 3.8) is 0 Å². The molecule has 0 bridgehead atoms. The smallest absolute Gasteiger partial charge is 0.315 e. The number of hydrogen-bond donors (Lipinski definition) is 1. The molecule has 3 heterocycles. The molecule has 3 aliphatic rings. The zero-order valence-corrected chi connectivity index (χ0v) is 20.0. The van der Waals surface area contributed by atoms with E-state index in [-0.39, 0.29) is 17.0 Å². The van der Waals surface area contributed by atoms with Gasteiger partial charge in [-0.05, 0) is 42.5 Å². The molecule has 5 rings (SSSR count). The van der Waals surface area contributed by atoms with E-state index in [1.54, 1.807) is 9.47 Å². The molecule has 2 aromatic rings. The SMILES string of the molecule is CCc1cccc(C2(Cc3nc(=O)c(O)c4n3CCN(C3=CCN(C)C=C3)C4=O)CCCC2)c1. The van der Waals surface area contributed by atoms with Crippen LogP contribution in [0, 0.1) is 0 Å². The highest BCUT2D eigenvalue weighted by molar-refractivity contribution is 5.97. The lowest BCUT2D eigenvalue weighted by molar-refractivity contribution is 0.0753. The molecule has 2 aliphatic heterocycles. The second-order valence-electron chi connectivity index (χ2n) is 9.74. The van der Waals surface area contributed by atoms with E-state index in [0.29, 0.717) is 31.9 Å². The van der Waals surface area contributed by atoms with E-state index in [4.69, 9.17) is 0 Å². The Kier molecular flexibility index (Phi) is 5.80. The summed E-state index contributed by atoms with van der Waals surface area (Å²) >= 11 is 0. The van der Waals surface area contributed by atoms with Crippen LogP contribution in [0.15, 0.2) is 53.1 Å². The molecule has 7 nitrogen and oxygen atoms in total. The number of hydrogen-bond acceptors (Lipinski definition) is 5. The molecule has 0 saturated heterocycles. The summed E-state index contributed by atoms with van der Waals surface area (Å²) in [4.78, 5) is 34.2. The summed E-state index contributed by atoms with van der Waals surface area (Å²) in [5, 5.41) is 10.6. The van der Waals surface area contributed by atoms with E-state index in [1.807, 2.05) is 30.3 Å². The molecular formula is C27H32N4O3. The van der Waals surface area contributed by atoms with Gasteiger partial charge in [0.2, 0.25) is 5.75 Å². The van der Waals surface area contributed by atoms with Gasteiger partial charge in [0.15, 0.2) is 5.69 Å². The van der Waals surface area contributed by atoms with Gasteiger partial charge in [-0.15, -0.1) is 0 Å². The Morgan fingerprint density at radius 3 is 2.65 bits per heavy atom. The normalized spacial score (nSPS) is 19.4. The van der Waals surface area contributed by atoms with Crippen LogP contribution >= 0.6 is 0 Å². The summed E-state index contributed by atoms with van der Waals surface area (Å²) in [6.07, 6.45) is 11.7. The Hall–Kier alpha value is -3.35. The number of rotatable bonds is 5. The number of allylic oxidation sites excluding steroid dienone is 1. The first-order chi connectivity index (χ1) is 16.4. The van der Waals surface area contributed by atoms with E-state index >= 15 is 0 Å². The van der Waals surface area contributed by atoms with Crippen molar-refractivity contribution in [3.05, 3.63) is 81.3 Å². The van der Waals surface area contributed by atoms with Crippen LogP contribution in [-0.2, 0) is 24.8 Å². The van der Waals surface area contributed by atoms with Crippen molar-refractivity contribution in [3.8, 4) is 5.75 Å². The Morgan fingerprint density at radius 2 is 1.94 bits per heavy atom. The highest BCUT2D eigenvalue weighted by Crippen LogP contribution is 2.44. The lowest BCUT2D eigenvalue weighted by Crippen LogP contribution is -2.43. The van der Waals surface area contributed by atoms with Crippen molar-refractivity contribution < 1.29 is 9.90 Å². The van der Waals surface area contributed by atoms with Gasteiger partial charge in [0.05, 0.1) is 0 Å². The minimum atomic E-state index is -0.722.